The Morgan fingerprint density at radius 1 is 1.03 bits per heavy atom. The molecule has 6 nitrogen and oxygen atoms in total. The number of carbonyl (C=O) groups is 1. The van der Waals surface area contributed by atoms with Crippen LogP contribution >= 0.6 is 11.6 Å². The van der Waals surface area contributed by atoms with Gasteiger partial charge in [-0.1, -0.05) is 48.5 Å². The molecule has 0 bridgehead atoms. The number of hydrazone groups is 1. The number of halogens is 1. The van der Waals surface area contributed by atoms with Crippen LogP contribution in [0.15, 0.2) is 84.5 Å². The first kappa shape index (κ1) is 23.9. The van der Waals surface area contributed by atoms with Gasteiger partial charge in [0.15, 0.2) is 11.5 Å². The lowest BCUT2D eigenvalue weighted by Crippen LogP contribution is -2.17. The molecule has 0 fully saturated rings. The first-order valence-electron chi connectivity index (χ1n) is 10.4. The predicted molar refractivity (Wildman–Crippen MR) is 131 cm³/mol. The summed E-state index contributed by atoms with van der Waals surface area (Å²) in [6.07, 6.45) is 3.20. The number of benzene rings is 3. The molecule has 0 aliphatic heterocycles. The lowest BCUT2D eigenvalue weighted by molar-refractivity contribution is 0.0954. The number of nitrogens with one attached hydrogen (secondary N) is 1. The van der Waals surface area contributed by atoms with E-state index < -0.39 is 0 Å². The van der Waals surface area contributed by atoms with Crippen molar-refractivity contribution < 1.29 is 19.0 Å². The van der Waals surface area contributed by atoms with Crippen LogP contribution in [0.3, 0.4) is 0 Å². The van der Waals surface area contributed by atoms with Crippen LogP contribution in [0.1, 0.15) is 28.4 Å². The molecule has 3 rings (SSSR count). The van der Waals surface area contributed by atoms with E-state index in [0.29, 0.717) is 47.7 Å². The molecule has 33 heavy (non-hydrogen) atoms. The highest BCUT2D eigenvalue weighted by Gasteiger charge is 2.11. The summed E-state index contributed by atoms with van der Waals surface area (Å²) in [6.45, 7) is 6.71. The molecular weight excluding hydrogens is 440 g/mol. The monoisotopic (exact) mass is 464 g/mol. The Morgan fingerprint density at radius 3 is 2.61 bits per heavy atom. The number of amides is 1. The van der Waals surface area contributed by atoms with Crippen LogP contribution in [0.4, 0.5) is 0 Å². The Morgan fingerprint density at radius 2 is 1.85 bits per heavy atom. The first-order chi connectivity index (χ1) is 16.1. The summed E-state index contributed by atoms with van der Waals surface area (Å²) < 4.78 is 16.9. The van der Waals surface area contributed by atoms with Crippen molar-refractivity contribution in [2.24, 2.45) is 5.10 Å². The number of hydrogen-bond donors (Lipinski definition) is 1. The smallest absolute Gasteiger partial charge is 0.271 e. The molecular formula is C26H25ClN2O4. The normalized spacial score (nSPS) is 10.6. The number of rotatable bonds is 11. The maximum Gasteiger partial charge on any atom is 0.271 e. The molecule has 0 aliphatic rings. The van der Waals surface area contributed by atoms with Crippen molar-refractivity contribution in [1.29, 1.82) is 0 Å². The zero-order valence-corrected chi connectivity index (χ0v) is 19.0. The predicted octanol–water partition coefficient (Wildman–Crippen LogP) is 5.65. The minimum absolute atomic E-state index is 0.346. The van der Waals surface area contributed by atoms with Crippen molar-refractivity contribution >= 4 is 23.7 Å². The van der Waals surface area contributed by atoms with Gasteiger partial charge >= 0.3 is 0 Å². The van der Waals surface area contributed by atoms with E-state index in [2.05, 4.69) is 17.1 Å². The van der Waals surface area contributed by atoms with Gasteiger partial charge in [0.1, 0.15) is 19.0 Å². The van der Waals surface area contributed by atoms with Crippen LogP contribution in [0.5, 0.6) is 17.2 Å². The fraction of sp³-hybridized carbons (Fsp3) is 0.154. The topological polar surface area (TPSA) is 69.2 Å². The fourth-order valence-electron chi connectivity index (χ4n) is 2.85. The molecule has 7 heteroatoms. The zero-order chi connectivity index (χ0) is 23.5. The molecule has 0 saturated heterocycles. The minimum atomic E-state index is -0.363. The summed E-state index contributed by atoms with van der Waals surface area (Å²) in [5.74, 6) is 1.36. The molecule has 0 spiro atoms. The van der Waals surface area contributed by atoms with Crippen LogP contribution in [0, 0.1) is 0 Å². The zero-order valence-electron chi connectivity index (χ0n) is 18.3. The Labute approximate surface area is 198 Å². The van der Waals surface area contributed by atoms with Gasteiger partial charge < -0.3 is 14.2 Å². The third kappa shape index (κ3) is 7.40. The van der Waals surface area contributed by atoms with Gasteiger partial charge in [0.05, 0.1) is 12.8 Å². The van der Waals surface area contributed by atoms with Gasteiger partial charge in [-0.15, -0.1) is 0 Å². The number of carbonyl (C=O) groups excluding carboxylic acids is 1. The summed E-state index contributed by atoms with van der Waals surface area (Å²) in [5, 5.41) is 4.74. The van der Waals surface area contributed by atoms with E-state index in [4.69, 9.17) is 25.8 Å². The molecule has 0 radical (unpaired) electrons. The van der Waals surface area contributed by atoms with E-state index in [9.17, 15) is 4.79 Å². The van der Waals surface area contributed by atoms with Gasteiger partial charge in [-0.3, -0.25) is 4.79 Å². The molecule has 1 N–H and O–H groups in total. The highest BCUT2D eigenvalue weighted by molar-refractivity contribution is 6.30. The van der Waals surface area contributed by atoms with Gasteiger partial charge in [-0.2, -0.15) is 5.10 Å². The molecule has 3 aromatic carbocycles. The molecule has 0 aliphatic carbocycles. The quantitative estimate of drug-likeness (QED) is 0.226. The van der Waals surface area contributed by atoms with Crippen molar-refractivity contribution in [3.63, 3.8) is 0 Å². The van der Waals surface area contributed by atoms with E-state index >= 15 is 0 Å². The van der Waals surface area contributed by atoms with E-state index in [1.807, 2.05) is 55.5 Å². The van der Waals surface area contributed by atoms with Crippen molar-refractivity contribution in [2.45, 2.75) is 13.5 Å². The Bertz CT molecular complexity index is 1110. The number of nitrogens with zero attached hydrogens (tertiary/aromatic N) is 1. The van der Waals surface area contributed by atoms with Crippen LogP contribution in [-0.2, 0) is 6.61 Å². The van der Waals surface area contributed by atoms with E-state index in [1.165, 1.54) is 0 Å². The molecule has 1 amide bonds. The maximum absolute atomic E-state index is 12.5. The summed E-state index contributed by atoms with van der Waals surface area (Å²) in [6, 6.07) is 19.9. The second kappa shape index (κ2) is 12.3. The lowest BCUT2D eigenvalue weighted by atomic mass is 10.2. The third-order valence-electron chi connectivity index (χ3n) is 4.42. The van der Waals surface area contributed by atoms with Gasteiger partial charge in [-0.05, 0) is 60.5 Å². The molecule has 0 saturated carbocycles. The number of hydrogen-bond acceptors (Lipinski definition) is 5. The SMILES string of the molecule is C=CCOc1ccc(C(=O)N/N=C/c2cccc(OCc3ccc(Cl)cc3)c2)cc1OCC. The second-order valence-electron chi connectivity index (χ2n) is 6.88. The number of ether oxygens (including phenoxy) is 3. The second-order valence-corrected chi connectivity index (χ2v) is 7.32. The average molecular weight is 465 g/mol. The van der Waals surface area contributed by atoms with Crippen molar-refractivity contribution in [1.82, 2.24) is 5.43 Å². The summed E-state index contributed by atoms with van der Waals surface area (Å²) in [4.78, 5) is 12.5. The maximum atomic E-state index is 12.5. The van der Waals surface area contributed by atoms with E-state index in [-0.39, 0.29) is 5.91 Å². The highest BCUT2D eigenvalue weighted by atomic mass is 35.5. The van der Waals surface area contributed by atoms with Crippen LogP contribution in [0.25, 0.3) is 0 Å². The highest BCUT2D eigenvalue weighted by Crippen LogP contribution is 2.28. The molecule has 0 aromatic heterocycles. The van der Waals surface area contributed by atoms with Gasteiger partial charge in [0.2, 0.25) is 0 Å². The van der Waals surface area contributed by atoms with Crippen LogP contribution in [0.2, 0.25) is 5.02 Å². The standard InChI is InChI=1S/C26H25ClN2O4/c1-3-14-32-24-13-10-21(16-25(24)31-4-2)26(30)29-28-17-20-6-5-7-23(15-20)33-18-19-8-11-22(27)12-9-19/h3,5-13,15-17H,1,4,14,18H2,2H3,(H,29,30)/b28-17+. The van der Waals surface area contributed by atoms with E-state index in [1.54, 1.807) is 30.5 Å². The summed E-state index contributed by atoms with van der Waals surface area (Å²) in [7, 11) is 0. The largest absolute Gasteiger partial charge is 0.490 e. The van der Waals surface area contributed by atoms with E-state index in [0.717, 1.165) is 11.1 Å². The molecule has 0 unspecified atom stereocenters. The van der Waals surface area contributed by atoms with Crippen molar-refractivity contribution in [2.75, 3.05) is 13.2 Å². The van der Waals surface area contributed by atoms with Gasteiger partial charge in [-0.25, -0.2) is 5.43 Å². The fourth-order valence-corrected chi connectivity index (χ4v) is 2.97. The molecule has 0 heterocycles. The molecule has 0 atom stereocenters. The summed E-state index contributed by atoms with van der Waals surface area (Å²) in [5.41, 5.74) is 4.73. The van der Waals surface area contributed by atoms with Crippen molar-refractivity contribution in [3.05, 3.63) is 101 Å². The average Bonchev–Trinajstić information content (AvgIpc) is 2.83. The lowest BCUT2D eigenvalue weighted by Gasteiger charge is -2.12. The Balaban J connectivity index is 1.59. The molecule has 3 aromatic rings. The van der Waals surface area contributed by atoms with Crippen LogP contribution in [-0.4, -0.2) is 25.3 Å². The Hall–Kier alpha value is -3.77. The van der Waals surface area contributed by atoms with Gasteiger partial charge in [0, 0.05) is 10.6 Å². The Kier molecular flexibility index (Phi) is 8.91. The van der Waals surface area contributed by atoms with Gasteiger partial charge in [0.25, 0.3) is 5.91 Å². The first-order valence-corrected chi connectivity index (χ1v) is 10.8. The van der Waals surface area contributed by atoms with Crippen molar-refractivity contribution in [3.8, 4) is 17.2 Å². The third-order valence-corrected chi connectivity index (χ3v) is 4.67. The summed E-state index contributed by atoms with van der Waals surface area (Å²) >= 11 is 5.91. The molecule has 170 valence electrons. The van der Waals surface area contributed by atoms with Crippen LogP contribution < -0.4 is 19.6 Å². The minimum Gasteiger partial charge on any atom is -0.490 e.